The number of halogens is 2. The van der Waals surface area contributed by atoms with Gasteiger partial charge in [0.2, 0.25) is 5.91 Å². The largest absolute Gasteiger partial charge is 0.356 e. The number of likely N-dealkylation sites (tertiary alicyclic amines) is 1. The molecule has 1 unspecified atom stereocenters. The Bertz CT molecular complexity index is 667. The molecule has 1 saturated carbocycles. The Labute approximate surface area is 146 Å². The van der Waals surface area contributed by atoms with E-state index < -0.39 is 5.92 Å². The standard InChI is InChI=1S/C18H24F2N4O/c1-12-10-15(22-16(21-12)13-2-3-13)24-7-4-14(11-24)17(25)23-8-5-18(19,20)6-9-23/h10,13-14H,2-9,11H2,1H3. The van der Waals surface area contributed by atoms with Crippen LogP contribution in [-0.2, 0) is 4.79 Å². The van der Waals surface area contributed by atoms with E-state index in [1.54, 1.807) is 4.90 Å². The highest BCUT2D eigenvalue weighted by Crippen LogP contribution is 2.39. The average molecular weight is 350 g/mol. The van der Waals surface area contributed by atoms with Gasteiger partial charge in [-0.2, -0.15) is 0 Å². The van der Waals surface area contributed by atoms with Gasteiger partial charge in [-0.15, -0.1) is 0 Å². The monoisotopic (exact) mass is 350 g/mol. The van der Waals surface area contributed by atoms with Crippen LogP contribution in [0.4, 0.5) is 14.6 Å². The van der Waals surface area contributed by atoms with Crippen molar-refractivity contribution in [3.8, 4) is 0 Å². The van der Waals surface area contributed by atoms with Gasteiger partial charge in [0.15, 0.2) is 0 Å². The van der Waals surface area contributed by atoms with Crippen molar-refractivity contribution in [3.63, 3.8) is 0 Å². The lowest BCUT2D eigenvalue weighted by Crippen LogP contribution is -2.45. The topological polar surface area (TPSA) is 49.3 Å². The number of carbonyl (C=O) groups is 1. The molecule has 4 rings (SSSR count). The molecular formula is C18H24F2N4O. The first-order valence-corrected chi connectivity index (χ1v) is 9.18. The highest BCUT2D eigenvalue weighted by Gasteiger charge is 2.39. The van der Waals surface area contributed by atoms with Crippen molar-refractivity contribution in [1.82, 2.24) is 14.9 Å². The number of hydrogen-bond donors (Lipinski definition) is 0. The van der Waals surface area contributed by atoms with Gasteiger partial charge in [0.25, 0.3) is 5.92 Å². The first-order chi connectivity index (χ1) is 11.9. The number of amides is 1. The van der Waals surface area contributed by atoms with E-state index in [1.165, 1.54) is 0 Å². The first kappa shape index (κ1) is 16.7. The summed E-state index contributed by atoms with van der Waals surface area (Å²) in [4.78, 5) is 25.6. The second-order valence-corrected chi connectivity index (χ2v) is 7.61. The number of carbonyl (C=O) groups excluding carboxylic acids is 1. The Morgan fingerprint density at radius 3 is 2.56 bits per heavy atom. The van der Waals surface area contributed by atoms with Gasteiger partial charge in [0.05, 0.1) is 5.92 Å². The van der Waals surface area contributed by atoms with Gasteiger partial charge in [-0.25, -0.2) is 18.7 Å². The average Bonchev–Trinajstić information content (AvgIpc) is 3.30. The number of piperidine rings is 1. The number of hydrogen-bond acceptors (Lipinski definition) is 4. The summed E-state index contributed by atoms with van der Waals surface area (Å²) < 4.78 is 26.6. The van der Waals surface area contributed by atoms with Gasteiger partial charge in [-0.05, 0) is 26.2 Å². The minimum Gasteiger partial charge on any atom is -0.356 e. The van der Waals surface area contributed by atoms with Crippen molar-refractivity contribution in [2.45, 2.75) is 50.9 Å². The molecule has 2 saturated heterocycles. The lowest BCUT2D eigenvalue weighted by molar-refractivity contribution is -0.140. The van der Waals surface area contributed by atoms with Crippen LogP contribution in [0.15, 0.2) is 6.07 Å². The van der Waals surface area contributed by atoms with Crippen LogP contribution >= 0.6 is 0 Å². The van der Waals surface area contributed by atoms with Crippen LogP contribution in [0.5, 0.6) is 0 Å². The fourth-order valence-electron chi connectivity index (χ4n) is 3.74. The molecule has 1 aromatic rings. The molecule has 1 aromatic heterocycles. The van der Waals surface area contributed by atoms with E-state index >= 15 is 0 Å². The van der Waals surface area contributed by atoms with E-state index in [9.17, 15) is 13.6 Å². The molecule has 0 N–H and O–H groups in total. The van der Waals surface area contributed by atoms with Crippen LogP contribution < -0.4 is 4.90 Å². The summed E-state index contributed by atoms with van der Waals surface area (Å²) in [6, 6.07) is 1.97. The predicted molar refractivity (Wildman–Crippen MR) is 89.8 cm³/mol. The number of anilines is 1. The van der Waals surface area contributed by atoms with E-state index in [1.807, 2.05) is 13.0 Å². The molecule has 2 aliphatic heterocycles. The zero-order chi connectivity index (χ0) is 17.6. The molecule has 3 aliphatic rings. The molecule has 5 nitrogen and oxygen atoms in total. The molecular weight excluding hydrogens is 326 g/mol. The molecule has 0 aromatic carbocycles. The summed E-state index contributed by atoms with van der Waals surface area (Å²) in [5, 5.41) is 0. The summed E-state index contributed by atoms with van der Waals surface area (Å²) in [5.41, 5.74) is 0.958. The Kier molecular flexibility index (Phi) is 4.12. The molecule has 136 valence electrons. The van der Waals surface area contributed by atoms with Crippen LogP contribution in [-0.4, -0.2) is 52.9 Å². The van der Waals surface area contributed by atoms with Crippen LogP contribution in [0.1, 0.15) is 49.5 Å². The third kappa shape index (κ3) is 3.60. The van der Waals surface area contributed by atoms with E-state index in [-0.39, 0.29) is 37.8 Å². The third-order valence-electron chi connectivity index (χ3n) is 5.47. The van der Waals surface area contributed by atoms with Crippen LogP contribution in [0, 0.1) is 12.8 Å². The quantitative estimate of drug-likeness (QED) is 0.841. The van der Waals surface area contributed by atoms with Gasteiger partial charge < -0.3 is 9.80 Å². The van der Waals surface area contributed by atoms with Gasteiger partial charge >= 0.3 is 0 Å². The van der Waals surface area contributed by atoms with Crippen LogP contribution in [0.2, 0.25) is 0 Å². The molecule has 1 aliphatic carbocycles. The van der Waals surface area contributed by atoms with Crippen LogP contribution in [0.3, 0.4) is 0 Å². The molecule has 3 heterocycles. The molecule has 3 fully saturated rings. The van der Waals surface area contributed by atoms with Crippen molar-refractivity contribution in [2.75, 3.05) is 31.1 Å². The highest BCUT2D eigenvalue weighted by molar-refractivity contribution is 5.80. The Hall–Kier alpha value is -1.79. The molecule has 1 amide bonds. The summed E-state index contributed by atoms with van der Waals surface area (Å²) in [5.74, 6) is -0.403. The number of alkyl halides is 2. The molecule has 1 atom stereocenters. The van der Waals surface area contributed by atoms with Gasteiger partial charge in [-0.3, -0.25) is 4.79 Å². The summed E-state index contributed by atoms with van der Waals surface area (Å²) in [6.07, 6.45) is 2.64. The van der Waals surface area contributed by atoms with Crippen molar-refractivity contribution in [1.29, 1.82) is 0 Å². The lowest BCUT2D eigenvalue weighted by Gasteiger charge is -2.33. The zero-order valence-corrected chi connectivity index (χ0v) is 14.5. The normalized spacial score (nSPS) is 26.1. The highest BCUT2D eigenvalue weighted by atomic mass is 19.3. The lowest BCUT2D eigenvalue weighted by atomic mass is 10.0. The Balaban J connectivity index is 1.40. The van der Waals surface area contributed by atoms with E-state index in [0.29, 0.717) is 12.5 Å². The summed E-state index contributed by atoms with van der Waals surface area (Å²) >= 11 is 0. The molecule has 25 heavy (non-hydrogen) atoms. The van der Waals surface area contributed by atoms with Crippen molar-refractivity contribution >= 4 is 11.7 Å². The maximum Gasteiger partial charge on any atom is 0.251 e. The maximum absolute atomic E-state index is 13.3. The van der Waals surface area contributed by atoms with E-state index in [0.717, 1.165) is 43.1 Å². The molecule has 0 bridgehead atoms. The summed E-state index contributed by atoms with van der Waals surface area (Å²) in [6.45, 7) is 3.71. The maximum atomic E-state index is 13.3. The fourth-order valence-corrected chi connectivity index (χ4v) is 3.74. The van der Waals surface area contributed by atoms with E-state index in [4.69, 9.17) is 4.98 Å². The number of rotatable bonds is 3. The van der Waals surface area contributed by atoms with Crippen molar-refractivity contribution in [2.24, 2.45) is 5.92 Å². The Morgan fingerprint density at radius 2 is 1.88 bits per heavy atom. The SMILES string of the molecule is Cc1cc(N2CCC(C(=O)N3CCC(F)(F)CC3)C2)nc(C2CC2)n1. The smallest absolute Gasteiger partial charge is 0.251 e. The van der Waals surface area contributed by atoms with Crippen molar-refractivity contribution in [3.05, 3.63) is 17.6 Å². The minimum atomic E-state index is -2.61. The molecule has 0 spiro atoms. The fraction of sp³-hybridized carbons (Fsp3) is 0.722. The van der Waals surface area contributed by atoms with Crippen molar-refractivity contribution < 1.29 is 13.6 Å². The zero-order valence-electron chi connectivity index (χ0n) is 14.5. The first-order valence-electron chi connectivity index (χ1n) is 9.18. The van der Waals surface area contributed by atoms with Gasteiger partial charge in [0.1, 0.15) is 11.6 Å². The van der Waals surface area contributed by atoms with E-state index in [2.05, 4.69) is 9.88 Å². The Morgan fingerprint density at radius 1 is 1.16 bits per heavy atom. The number of aryl methyl sites for hydroxylation is 1. The molecule has 0 radical (unpaired) electrons. The second kappa shape index (κ2) is 6.18. The summed E-state index contributed by atoms with van der Waals surface area (Å²) in [7, 11) is 0. The number of aromatic nitrogens is 2. The van der Waals surface area contributed by atoms with Crippen LogP contribution in [0.25, 0.3) is 0 Å². The third-order valence-corrected chi connectivity index (χ3v) is 5.47. The second-order valence-electron chi connectivity index (χ2n) is 7.61. The number of nitrogens with zero attached hydrogens (tertiary/aromatic N) is 4. The van der Waals surface area contributed by atoms with Gasteiger partial charge in [0, 0.05) is 56.7 Å². The molecule has 7 heteroatoms. The van der Waals surface area contributed by atoms with Gasteiger partial charge in [-0.1, -0.05) is 0 Å². The predicted octanol–water partition coefficient (Wildman–Crippen LogP) is 2.75. The minimum absolute atomic E-state index is 0.0196.